The fourth-order valence-electron chi connectivity index (χ4n) is 2.01. The Kier molecular flexibility index (Phi) is 6.19. The standard InChI is InChI=1S/C15H23NO3/c1-5-16(10-6-7-15(17)19-4)13-11-12(2)8-9-14(13)18-3/h8-9,11H,5-7,10H2,1-4H3. The molecule has 0 aromatic heterocycles. The van der Waals surface area contributed by atoms with Crippen LogP contribution in [0.1, 0.15) is 25.3 Å². The van der Waals surface area contributed by atoms with Crippen LogP contribution in [0, 0.1) is 6.92 Å². The molecule has 0 amide bonds. The van der Waals surface area contributed by atoms with Crippen molar-refractivity contribution in [1.29, 1.82) is 0 Å². The lowest BCUT2D eigenvalue weighted by molar-refractivity contribution is -0.140. The molecular weight excluding hydrogens is 242 g/mol. The quantitative estimate of drug-likeness (QED) is 0.711. The molecule has 1 aromatic rings. The molecule has 0 fully saturated rings. The van der Waals surface area contributed by atoms with Gasteiger partial charge in [0.25, 0.3) is 0 Å². The number of hydrogen-bond donors (Lipinski definition) is 0. The van der Waals surface area contributed by atoms with E-state index >= 15 is 0 Å². The van der Waals surface area contributed by atoms with Crippen molar-refractivity contribution in [1.82, 2.24) is 0 Å². The third-order valence-corrected chi connectivity index (χ3v) is 3.09. The Balaban J connectivity index is 2.73. The molecule has 0 radical (unpaired) electrons. The van der Waals surface area contributed by atoms with Crippen molar-refractivity contribution >= 4 is 11.7 Å². The van der Waals surface area contributed by atoms with Crippen molar-refractivity contribution < 1.29 is 14.3 Å². The SMILES string of the molecule is CCN(CCCC(=O)OC)c1cc(C)ccc1OC. The highest BCUT2D eigenvalue weighted by atomic mass is 16.5. The Hall–Kier alpha value is -1.71. The zero-order chi connectivity index (χ0) is 14.3. The zero-order valence-corrected chi connectivity index (χ0v) is 12.2. The third kappa shape index (κ3) is 4.47. The van der Waals surface area contributed by atoms with Gasteiger partial charge in [-0.05, 0) is 38.0 Å². The Morgan fingerprint density at radius 3 is 2.63 bits per heavy atom. The Labute approximate surface area is 115 Å². The third-order valence-electron chi connectivity index (χ3n) is 3.09. The molecule has 0 unspecified atom stereocenters. The second-order valence-corrected chi connectivity index (χ2v) is 4.43. The van der Waals surface area contributed by atoms with Gasteiger partial charge in [0, 0.05) is 19.5 Å². The van der Waals surface area contributed by atoms with Gasteiger partial charge < -0.3 is 14.4 Å². The molecule has 4 nitrogen and oxygen atoms in total. The maximum Gasteiger partial charge on any atom is 0.305 e. The Bertz CT molecular complexity index is 418. The van der Waals surface area contributed by atoms with Crippen LogP contribution in [0.4, 0.5) is 5.69 Å². The van der Waals surface area contributed by atoms with Crippen molar-refractivity contribution in [3.05, 3.63) is 23.8 Å². The monoisotopic (exact) mass is 265 g/mol. The van der Waals surface area contributed by atoms with Gasteiger partial charge in [-0.3, -0.25) is 4.79 Å². The lowest BCUT2D eigenvalue weighted by Gasteiger charge is -2.25. The normalized spacial score (nSPS) is 10.1. The summed E-state index contributed by atoms with van der Waals surface area (Å²) in [6.45, 7) is 5.84. The minimum Gasteiger partial charge on any atom is -0.495 e. The number of anilines is 1. The number of hydrogen-bond acceptors (Lipinski definition) is 4. The van der Waals surface area contributed by atoms with Crippen LogP contribution >= 0.6 is 0 Å². The van der Waals surface area contributed by atoms with Gasteiger partial charge in [0.15, 0.2) is 0 Å². The molecule has 1 aromatic carbocycles. The topological polar surface area (TPSA) is 38.8 Å². The minimum absolute atomic E-state index is 0.160. The number of carbonyl (C=O) groups excluding carboxylic acids is 1. The van der Waals surface area contributed by atoms with Gasteiger partial charge in [0.1, 0.15) is 5.75 Å². The molecule has 0 aliphatic rings. The highest BCUT2D eigenvalue weighted by Gasteiger charge is 2.11. The molecular formula is C15H23NO3. The van der Waals surface area contributed by atoms with Crippen LogP contribution < -0.4 is 9.64 Å². The first-order valence-corrected chi connectivity index (χ1v) is 6.58. The van der Waals surface area contributed by atoms with Crippen molar-refractivity contribution in [2.75, 3.05) is 32.2 Å². The van der Waals surface area contributed by atoms with E-state index in [1.54, 1.807) is 7.11 Å². The number of nitrogens with zero attached hydrogens (tertiary/aromatic N) is 1. The number of esters is 1. The van der Waals surface area contributed by atoms with Gasteiger partial charge in [0.2, 0.25) is 0 Å². The summed E-state index contributed by atoms with van der Waals surface area (Å²) in [7, 11) is 3.10. The average molecular weight is 265 g/mol. The fraction of sp³-hybridized carbons (Fsp3) is 0.533. The van der Waals surface area contributed by atoms with Gasteiger partial charge in [-0.25, -0.2) is 0 Å². The minimum atomic E-state index is -0.160. The van der Waals surface area contributed by atoms with E-state index in [0.717, 1.165) is 30.9 Å². The van der Waals surface area contributed by atoms with Crippen LogP contribution in [-0.2, 0) is 9.53 Å². The predicted octanol–water partition coefficient (Wildman–Crippen LogP) is 2.78. The second kappa shape index (κ2) is 7.67. The van der Waals surface area contributed by atoms with Crippen LogP contribution in [0.5, 0.6) is 5.75 Å². The summed E-state index contributed by atoms with van der Waals surface area (Å²) in [6, 6.07) is 6.12. The summed E-state index contributed by atoms with van der Waals surface area (Å²) in [4.78, 5) is 13.3. The lowest BCUT2D eigenvalue weighted by atomic mass is 10.1. The number of benzene rings is 1. The van der Waals surface area contributed by atoms with Gasteiger partial charge in [-0.15, -0.1) is 0 Å². The number of ether oxygens (including phenoxy) is 2. The molecule has 0 atom stereocenters. The van der Waals surface area contributed by atoms with Crippen LogP contribution in [0.25, 0.3) is 0 Å². The smallest absolute Gasteiger partial charge is 0.305 e. The van der Waals surface area contributed by atoms with Crippen LogP contribution in [0.15, 0.2) is 18.2 Å². The van der Waals surface area contributed by atoms with Crippen LogP contribution in [0.3, 0.4) is 0 Å². The van der Waals surface area contributed by atoms with Crippen molar-refractivity contribution in [3.8, 4) is 5.75 Å². The van der Waals surface area contributed by atoms with E-state index in [1.165, 1.54) is 12.7 Å². The molecule has 0 aliphatic heterocycles. The zero-order valence-electron chi connectivity index (χ0n) is 12.2. The maximum atomic E-state index is 11.1. The van der Waals surface area contributed by atoms with Crippen molar-refractivity contribution in [2.24, 2.45) is 0 Å². The summed E-state index contributed by atoms with van der Waals surface area (Å²) in [5.41, 5.74) is 2.28. The lowest BCUT2D eigenvalue weighted by Crippen LogP contribution is -2.25. The Morgan fingerprint density at radius 1 is 1.32 bits per heavy atom. The largest absolute Gasteiger partial charge is 0.495 e. The highest BCUT2D eigenvalue weighted by molar-refractivity contribution is 5.69. The van der Waals surface area contributed by atoms with Crippen molar-refractivity contribution in [3.63, 3.8) is 0 Å². The Morgan fingerprint density at radius 2 is 2.05 bits per heavy atom. The average Bonchev–Trinajstić information content (AvgIpc) is 2.43. The number of carbonyl (C=O) groups is 1. The van der Waals surface area contributed by atoms with Crippen molar-refractivity contribution in [2.45, 2.75) is 26.7 Å². The summed E-state index contributed by atoms with van der Waals surface area (Å²) in [5, 5.41) is 0. The molecule has 0 heterocycles. The molecule has 0 saturated heterocycles. The molecule has 0 aliphatic carbocycles. The second-order valence-electron chi connectivity index (χ2n) is 4.43. The summed E-state index contributed by atoms with van der Waals surface area (Å²) in [6.07, 6.45) is 1.22. The van der Waals surface area contributed by atoms with Gasteiger partial charge in [0.05, 0.1) is 19.9 Å². The van der Waals surface area contributed by atoms with E-state index in [4.69, 9.17) is 4.74 Å². The van der Waals surface area contributed by atoms with E-state index in [-0.39, 0.29) is 5.97 Å². The molecule has 0 N–H and O–H groups in total. The highest BCUT2D eigenvalue weighted by Crippen LogP contribution is 2.29. The molecule has 0 saturated carbocycles. The summed E-state index contributed by atoms with van der Waals surface area (Å²) >= 11 is 0. The fourth-order valence-corrected chi connectivity index (χ4v) is 2.01. The van der Waals surface area contributed by atoms with Gasteiger partial charge in [-0.2, -0.15) is 0 Å². The first-order chi connectivity index (χ1) is 9.12. The molecule has 106 valence electrons. The predicted molar refractivity (Wildman–Crippen MR) is 76.9 cm³/mol. The first-order valence-electron chi connectivity index (χ1n) is 6.58. The van der Waals surface area contributed by atoms with E-state index in [1.807, 2.05) is 12.1 Å². The number of methoxy groups -OCH3 is 2. The summed E-state index contributed by atoms with van der Waals surface area (Å²) < 4.78 is 10.1. The first kappa shape index (κ1) is 15.3. The van der Waals surface area contributed by atoms with Gasteiger partial charge >= 0.3 is 5.97 Å². The molecule has 0 spiro atoms. The molecule has 0 bridgehead atoms. The number of aryl methyl sites for hydroxylation is 1. The molecule has 1 rings (SSSR count). The maximum absolute atomic E-state index is 11.1. The summed E-state index contributed by atoms with van der Waals surface area (Å²) in [5.74, 6) is 0.706. The van der Waals surface area contributed by atoms with Crippen LogP contribution in [-0.4, -0.2) is 33.3 Å². The number of rotatable bonds is 7. The molecule has 19 heavy (non-hydrogen) atoms. The van der Waals surface area contributed by atoms with E-state index in [0.29, 0.717) is 6.42 Å². The van der Waals surface area contributed by atoms with E-state index in [2.05, 4.69) is 29.6 Å². The van der Waals surface area contributed by atoms with E-state index in [9.17, 15) is 4.79 Å². The van der Waals surface area contributed by atoms with Gasteiger partial charge in [-0.1, -0.05) is 6.07 Å². The molecule has 4 heteroatoms. The van der Waals surface area contributed by atoms with Crippen LogP contribution in [0.2, 0.25) is 0 Å². The van der Waals surface area contributed by atoms with E-state index < -0.39 is 0 Å².